The fourth-order valence-corrected chi connectivity index (χ4v) is 3.44. The van der Waals surface area contributed by atoms with Gasteiger partial charge in [0.2, 0.25) is 5.91 Å². The Bertz CT molecular complexity index is 996. The maximum Gasteiger partial charge on any atom is 0.229 e. The van der Waals surface area contributed by atoms with E-state index in [-0.39, 0.29) is 11.8 Å². The Morgan fingerprint density at radius 2 is 2.28 bits per heavy atom. The summed E-state index contributed by atoms with van der Waals surface area (Å²) in [6.07, 6.45) is 6.93. The number of carbonyl (C=O) groups excluding carboxylic acids is 1. The fraction of sp³-hybridized carbons (Fsp3) is 0.364. The normalized spacial score (nSPS) is 19.3. The van der Waals surface area contributed by atoms with Crippen LogP contribution in [0.25, 0.3) is 16.3 Å². The molecule has 0 radical (unpaired) electrons. The molecule has 2 aromatic heterocycles. The van der Waals surface area contributed by atoms with Gasteiger partial charge in [-0.2, -0.15) is 0 Å². The third-order valence-electron chi connectivity index (χ3n) is 5.26. The van der Waals surface area contributed by atoms with Crippen LogP contribution >= 0.6 is 0 Å². The number of nitrogens with one attached hydrogen (secondary N) is 1. The number of aliphatic imine (C=N–C) groups is 1. The minimum atomic E-state index is -0.0208. The van der Waals surface area contributed by atoms with Gasteiger partial charge in [-0.1, -0.05) is 6.92 Å². The number of methoxy groups -OCH3 is 1. The van der Waals surface area contributed by atoms with Gasteiger partial charge in [0.25, 0.3) is 0 Å². The predicted octanol–water partition coefficient (Wildman–Crippen LogP) is 3.83. The summed E-state index contributed by atoms with van der Waals surface area (Å²) in [5, 5.41) is 4.54. The molecule has 0 aliphatic heterocycles. The zero-order chi connectivity index (χ0) is 21.0. The van der Waals surface area contributed by atoms with Crippen molar-refractivity contribution in [1.29, 1.82) is 0 Å². The molecule has 2 heterocycles. The number of anilines is 2. The topological polar surface area (TPSA) is 102 Å². The van der Waals surface area contributed by atoms with E-state index in [1.54, 1.807) is 19.5 Å². The van der Waals surface area contributed by atoms with Crippen molar-refractivity contribution in [3.05, 3.63) is 41.9 Å². The summed E-state index contributed by atoms with van der Waals surface area (Å²) in [7, 11) is 1.65. The van der Waals surface area contributed by atoms with Crippen LogP contribution in [0.2, 0.25) is 0 Å². The highest BCUT2D eigenvalue weighted by Crippen LogP contribution is 2.39. The first-order chi connectivity index (χ1) is 14.0. The number of rotatable bonds is 8. The number of hydrogen-bond donors (Lipinski definition) is 2. The molecule has 0 unspecified atom stereocenters. The smallest absolute Gasteiger partial charge is 0.229 e. The van der Waals surface area contributed by atoms with Gasteiger partial charge in [0.05, 0.1) is 5.69 Å². The third-order valence-corrected chi connectivity index (χ3v) is 5.26. The number of nitrogens with two attached hydrogens (primary N) is 1. The minimum absolute atomic E-state index is 0.00642. The third kappa shape index (κ3) is 4.68. The highest BCUT2D eigenvalue weighted by atomic mass is 16.5. The van der Waals surface area contributed by atoms with Crippen molar-refractivity contribution in [3.63, 3.8) is 0 Å². The number of fused-ring (bicyclic) bond motifs is 1. The van der Waals surface area contributed by atoms with E-state index in [0.717, 1.165) is 40.5 Å². The summed E-state index contributed by atoms with van der Waals surface area (Å²) in [6.45, 7) is 8.16. The van der Waals surface area contributed by atoms with E-state index in [2.05, 4.69) is 33.9 Å². The number of carbonyl (C=O) groups is 1. The second-order valence-electron chi connectivity index (χ2n) is 7.23. The van der Waals surface area contributed by atoms with E-state index in [9.17, 15) is 4.79 Å². The molecule has 0 aromatic carbocycles. The van der Waals surface area contributed by atoms with Crippen LogP contribution in [0.3, 0.4) is 0 Å². The number of nitrogen functional groups attached to an aromatic ring is 1. The maximum atomic E-state index is 12.4. The van der Waals surface area contributed by atoms with Crippen molar-refractivity contribution >= 4 is 40.6 Å². The highest BCUT2D eigenvalue weighted by molar-refractivity contribution is 5.98. The number of ether oxygens (including phenoxy) is 1. The first-order valence-electron chi connectivity index (χ1n) is 9.67. The Morgan fingerprint density at radius 3 is 2.97 bits per heavy atom. The van der Waals surface area contributed by atoms with Crippen molar-refractivity contribution in [2.24, 2.45) is 16.8 Å². The molecule has 1 saturated carbocycles. The molecule has 0 spiro atoms. The Hall–Kier alpha value is -3.06. The van der Waals surface area contributed by atoms with E-state index in [1.807, 2.05) is 25.1 Å². The molecule has 29 heavy (non-hydrogen) atoms. The van der Waals surface area contributed by atoms with E-state index in [0.29, 0.717) is 24.2 Å². The summed E-state index contributed by atoms with van der Waals surface area (Å²) < 4.78 is 5.12. The lowest BCUT2D eigenvalue weighted by atomic mass is 10.0. The van der Waals surface area contributed by atoms with E-state index in [1.165, 1.54) is 0 Å². The predicted molar refractivity (Wildman–Crippen MR) is 118 cm³/mol. The zero-order valence-electron chi connectivity index (χ0n) is 17.1. The largest absolute Gasteiger partial charge is 0.384 e. The Balaban J connectivity index is 1.90. The number of amides is 1. The summed E-state index contributed by atoms with van der Waals surface area (Å²) in [4.78, 5) is 25.0. The van der Waals surface area contributed by atoms with Gasteiger partial charge in [-0.15, -0.1) is 0 Å². The summed E-state index contributed by atoms with van der Waals surface area (Å²) in [5.74, 6) is 1.19. The number of nitrogens with zero attached hydrogens (tertiary/aromatic N) is 3. The van der Waals surface area contributed by atoms with Crippen LogP contribution in [0.4, 0.5) is 11.6 Å². The molecule has 1 aliphatic carbocycles. The average Bonchev–Trinajstić information content (AvgIpc) is 3.48. The number of pyridine rings is 2. The van der Waals surface area contributed by atoms with E-state index < -0.39 is 0 Å². The molecule has 1 aliphatic rings. The van der Waals surface area contributed by atoms with Crippen molar-refractivity contribution in [1.82, 2.24) is 9.97 Å². The molecule has 1 amide bonds. The molecule has 3 rings (SSSR count). The van der Waals surface area contributed by atoms with E-state index in [4.69, 9.17) is 10.5 Å². The highest BCUT2D eigenvalue weighted by Gasteiger charge is 2.42. The number of allylic oxidation sites excluding steroid dienone is 3. The molecule has 152 valence electrons. The summed E-state index contributed by atoms with van der Waals surface area (Å²) >= 11 is 0. The molecule has 2 atom stereocenters. The average molecular weight is 393 g/mol. The van der Waals surface area contributed by atoms with Crippen molar-refractivity contribution in [2.45, 2.75) is 26.7 Å². The van der Waals surface area contributed by atoms with Gasteiger partial charge < -0.3 is 15.8 Å². The lowest BCUT2D eigenvalue weighted by Gasteiger charge is -2.11. The number of hydrogen-bond acceptors (Lipinski definition) is 6. The Labute approximate surface area is 170 Å². The molecule has 0 saturated heterocycles. The Kier molecular flexibility index (Phi) is 6.39. The van der Waals surface area contributed by atoms with Crippen LogP contribution < -0.4 is 11.1 Å². The molecule has 7 heteroatoms. The van der Waals surface area contributed by atoms with Gasteiger partial charge in [-0.25, -0.2) is 9.97 Å². The maximum absolute atomic E-state index is 12.4. The first-order valence-corrected chi connectivity index (χ1v) is 9.67. The van der Waals surface area contributed by atoms with Crippen molar-refractivity contribution in [2.75, 3.05) is 24.8 Å². The van der Waals surface area contributed by atoms with Gasteiger partial charge in [0.1, 0.15) is 11.6 Å². The van der Waals surface area contributed by atoms with Gasteiger partial charge >= 0.3 is 0 Å². The molecular formula is C22H27N5O2. The van der Waals surface area contributed by atoms with Gasteiger partial charge in [-0.3, -0.25) is 9.79 Å². The first kappa shape index (κ1) is 20.7. The molecule has 2 aromatic rings. The lowest BCUT2D eigenvalue weighted by Crippen LogP contribution is -2.16. The lowest BCUT2D eigenvalue weighted by molar-refractivity contribution is -0.117. The van der Waals surface area contributed by atoms with Crippen LogP contribution in [-0.4, -0.2) is 36.3 Å². The van der Waals surface area contributed by atoms with E-state index >= 15 is 0 Å². The van der Waals surface area contributed by atoms with Gasteiger partial charge in [-0.05, 0) is 67.1 Å². The van der Waals surface area contributed by atoms with Gasteiger partial charge in [0, 0.05) is 37.4 Å². The minimum Gasteiger partial charge on any atom is -0.384 e. The summed E-state index contributed by atoms with van der Waals surface area (Å²) in [5.41, 5.74) is 9.08. The zero-order valence-corrected chi connectivity index (χ0v) is 17.1. The van der Waals surface area contributed by atoms with Crippen LogP contribution in [0.1, 0.15) is 32.4 Å². The van der Waals surface area contributed by atoms with Crippen LogP contribution in [0, 0.1) is 11.8 Å². The van der Waals surface area contributed by atoms with Gasteiger partial charge in [0.15, 0.2) is 0 Å². The van der Waals surface area contributed by atoms with Crippen molar-refractivity contribution < 1.29 is 9.53 Å². The Morgan fingerprint density at radius 1 is 1.48 bits per heavy atom. The second kappa shape index (κ2) is 8.96. The molecule has 3 N–H and O–H groups in total. The standard InChI is InChI=1S/C22H27N5O2/c1-5-14(6-7-24-3)13(2)19-9-15-10-20(25-11-18(15)21(23)26-19)27-22(28)17-8-16(17)12-29-4/h6-7,9-11,16-17H,3,5,8,12H2,1-2,4H3,(H2,23,26)(H,25,27,28)/b7-6-,14-13+/t16-,17+/m1/s1. The molecule has 1 fully saturated rings. The monoisotopic (exact) mass is 393 g/mol. The summed E-state index contributed by atoms with van der Waals surface area (Å²) in [6, 6.07) is 3.80. The van der Waals surface area contributed by atoms with Crippen LogP contribution in [0.5, 0.6) is 0 Å². The molecule has 7 nitrogen and oxygen atoms in total. The fourth-order valence-electron chi connectivity index (χ4n) is 3.44. The van der Waals surface area contributed by atoms with Crippen molar-refractivity contribution in [3.8, 4) is 0 Å². The van der Waals surface area contributed by atoms with Crippen LogP contribution in [0.15, 0.2) is 41.2 Å². The molecular weight excluding hydrogens is 366 g/mol. The second-order valence-corrected chi connectivity index (χ2v) is 7.23. The SMILES string of the molecule is C=N/C=C\C(CC)=C(/C)c1cc2cc(NC(=O)[C@H]3C[C@@H]3COC)ncc2c(N)n1. The van der Waals surface area contributed by atoms with Crippen LogP contribution in [-0.2, 0) is 9.53 Å². The quantitative estimate of drug-likeness (QED) is 0.524. The number of aromatic nitrogens is 2. The molecule has 0 bridgehead atoms.